The fraction of sp³-hybridized carbons (Fsp3) is 0.900. The third-order valence-corrected chi connectivity index (χ3v) is 3.71. The van der Waals surface area contributed by atoms with E-state index in [0.717, 1.165) is 6.54 Å². The highest BCUT2D eigenvalue weighted by Crippen LogP contribution is 2.38. The second kappa shape index (κ2) is 2.42. The van der Waals surface area contributed by atoms with Crippen LogP contribution in [0.2, 0.25) is 0 Å². The van der Waals surface area contributed by atoms with Crippen LogP contribution in [-0.2, 0) is 4.74 Å². The Morgan fingerprint density at radius 2 is 2.29 bits per heavy atom. The van der Waals surface area contributed by atoms with Gasteiger partial charge in [-0.05, 0) is 26.7 Å². The van der Waals surface area contributed by atoms with Crippen LogP contribution >= 0.6 is 0 Å². The summed E-state index contributed by atoms with van der Waals surface area (Å²) in [5.74, 6) is 0. The summed E-state index contributed by atoms with van der Waals surface area (Å²) >= 11 is 0. The van der Waals surface area contributed by atoms with Gasteiger partial charge in [0, 0.05) is 18.6 Å². The maximum Gasteiger partial charge on any atom is 0.410 e. The SMILES string of the molecule is CC1(C)OC(=O)N2C[C@@H]3CC[C@@H](N3)C21. The summed E-state index contributed by atoms with van der Waals surface area (Å²) in [6.45, 7) is 4.84. The molecule has 1 amide bonds. The predicted octanol–water partition coefficient (Wildman–Crippen LogP) is 0.720. The normalized spacial score (nSPS) is 43.7. The molecule has 4 heteroatoms. The van der Waals surface area contributed by atoms with E-state index in [0.29, 0.717) is 12.1 Å². The highest BCUT2D eigenvalue weighted by molar-refractivity contribution is 5.72. The molecule has 78 valence electrons. The van der Waals surface area contributed by atoms with Crippen molar-refractivity contribution in [1.29, 1.82) is 0 Å². The summed E-state index contributed by atoms with van der Waals surface area (Å²) in [6.07, 6.45) is 2.24. The number of nitrogens with one attached hydrogen (secondary N) is 1. The Bertz CT molecular complexity index is 290. The van der Waals surface area contributed by atoms with Crippen LogP contribution in [0.4, 0.5) is 4.79 Å². The minimum absolute atomic E-state index is 0.126. The minimum atomic E-state index is -0.329. The standard InChI is InChI=1S/C10H16N2O2/c1-10(2)8-7-4-3-6(11-7)5-12(8)9(13)14-10/h6-8,11H,3-5H2,1-2H3/t6-,7+,8?/m0/s1. The quantitative estimate of drug-likeness (QED) is 0.620. The van der Waals surface area contributed by atoms with Gasteiger partial charge in [-0.25, -0.2) is 4.79 Å². The molecule has 4 nitrogen and oxygen atoms in total. The zero-order valence-electron chi connectivity index (χ0n) is 8.62. The van der Waals surface area contributed by atoms with Gasteiger partial charge in [0.15, 0.2) is 0 Å². The van der Waals surface area contributed by atoms with E-state index in [1.807, 2.05) is 18.7 Å². The lowest BCUT2D eigenvalue weighted by molar-refractivity contribution is 0.0547. The van der Waals surface area contributed by atoms with Crippen LogP contribution < -0.4 is 5.32 Å². The van der Waals surface area contributed by atoms with Crippen LogP contribution in [0, 0.1) is 0 Å². The smallest absolute Gasteiger partial charge is 0.410 e. The molecule has 1 N–H and O–H groups in total. The van der Waals surface area contributed by atoms with Gasteiger partial charge in [-0.3, -0.25) is 4.90 Å². The molecule has 3 atom stereocenters. The van der Waals surface area contributed by atoms with Gasteiger partial charge in [-0.1, -0.05) is 0 Å². The van der Waals surface area contributed by atoms with E-state index in [-0.39, 0.29) is 17.7 Å². The summed E-state index contributed by atoms with van der Waals surface area (Å²) < 4.78 is 5.40. The number of hydrogen-bond acceptors (Lipinski definition) is 3. The fourth-order valence-electron chi connectivity index (χ4n) is 3.20. The first-order chi connectivity index (χ1) is 6.58. The number of nitrogens with zero attached hydrogens (tertiary/aromatic N) is 1. The molecule has 0 aromatic carbocycles. The molecule has 0 aromatic heterocycles. The lowest BCUT2D eigenvalue weighted by atomic mass is 9.91. The van der Waals surface area contributed by atoms with Gasteiger partial charge in [0.25, 0.3) is 0 Å². The molecular weight excluding hydrogens is 180 g/mol. The Labute approximate surface area is 83.6 Å². The Morgan fingerprint density at radius 3 is 3.07 bits per heavy atom. The Hall–Kier alpha value is -0.770. The van der Waals surface area contributed by atoms with E-state index in [4.69, 9.17) is 4.74 Å². The third-order valence-electron chi connectivity index (χ3n) is 3.71. The molecular formula is C10H16N2O2. The average Bonchev–Trinajstić information content (AvgIpc) is 2.54. The van der Waals surface area contributed by atoms with Crippen LogP contribution in [0.25, 0.3) is 0 Å². The van der Waals surface area contributed by atoms with E-state index < -0.39 is 0 Å². The Balaban J connectivity index is 1.97. The number of amides is 1. The molecule has 0 saturated carbocycles. The average molecular weight is 196 g/mol. The largest absolute Gasteiger partial charge is 0.441 e. The van der Waals surface area contributed by atoms with Crippen molar-refractivity contribution in [3.05, 3.63) is 0 Å². The van der Waals surface area contributed by atoms with Crippen LogP contribution in [0.1, 0.15) is 26.7 Å². The van der Waals surface area contributed by atoms with Crippen LogP contribution in [0.15, 0.2) is 0 Å². The first-order valence-electron chi connectivity index (χ1n) is 5.33. The number of rotatable bonds is 0. The van der Waals surface area contributed by atoms with E-state index in [1.54, 1.807) is 0 Å². The van der Waals surface area contributed by atoms with Crippen molar-refractivity contribution >= 4 is 6.09 Å². The van der Waals surface area contributed by atoms with Gasteiger partial charge in [0.2, 0.25) is 0 Å². The molecule has 3 aliphatic rings. The number of ether oxygens (including phenoxy) is 1. The molecule has 0 aliphatic carbocycles. The monoisotopic (exact) mass is 196 g/mol. The van der Waals surface area contributed by atoms with Gasteiger partial charge in [-0.2, -0.15) is 0 Å². The zero-order valence-corrected chi connectivity index (χ0v) is 8.62. The molecule has 2 bridgehead atoms. The minimum Gasteiger partial charge on any atom is -0.441 e. The molecule has 3 saturated heterocycles. The van der Waals surface area contributed by atoms with Crippen molar-refractivity contribution < 1.29 is 9.53 Å². The van der Waals surface area contributed by atoms with Crippen LogP contribution in [-0.4, -0.2) is 41.3 Å². The van der Waals surface area contributed by atoms with Crippen LogP contribution in [0.3, 0.4) is 0 Å². The van der Waals surface area contributed by atoms with Gasteiger partial charge in [0.05, 0.1) is 6.04 Å². The Kier molecular flexibility index (Phi) is 1.48. The van der Waals surface area contributed by atoms with E-state index in [9.17, 15) is 4.79 Å². The van der Waals surface area contributed by atoms with Crippen LogP contribution in [0.5, 0.6) is 0 Å². The highest BCUT2D eigenvalue weighted by Gasteiger charge is 2.56. The molecule has 3 rings (SSSR count). The molecule has 3 aliphatic heterocycles. The molecule has 0 aromatic rings. The molecule has 0 spiro atoms. The van der Waals surface area contributed by atoms with Crippen molar-refractivity contribution in [2.45, 2.75) is 50.4 Å². The summed E-state index contributed by atoms with van der Waals surface area (Å²) in [5.41, 5.74) is -0.329. The molecule has 0 radical (unpaired) electrons. The van der Waals surface area contributed by atoms with Gasteiger partial charge < -0.3 is 10.1 Å². The maximum absolute atomic E-state index is 11.6. The number of piperazine rings is 1. The van der Waals surface area contributed by atoms with Crippen molar-refractivity contribution in [1.82, 2.24) is 10.2 Å². The number of carbonyl (C=O) groups is 1. The van der Waals surface area contributed by atoms with Crippen molar-refractivity contribution in [2.24, 2.45) is 0 Å². The number of hydrogen-bond donors (Lipinski definition) is 1. The van der Waals surface area contributed by atoms with E-state index in [2.05, 4.69) is 5.32 Å². The lowest BCUT2D eigenvalue weighted by Crippen LogP contribution is -2.60. The van der Waals surface area contributed by atoms with Crippen molar-refractivity contribution in [3.8, 4) is 0 Å². The van der Waals surface area contributed by atoms with Gasteiger partial charge in [-0.15, -0.1) is 0 Å². The van der Waals surface area contributed by atoms with Crippen molar-refractivity contribution in [3.63, 3.8) is 0 Å². The summed E-state index contributed by atoms with van der Waals surface area (Å²) in [7, 11) is 0. The lowest BCUT2D eigenvalue weighted by Gasteiger charge is -2.38. The molecule has 3 heterocycles. The zero-order chi connectivity index (χ0) is 9.92. The number of fused-ring (bicyclic) bond motifs is 4. The van der Waals surface area contributed by atoms with Crippen molar-refractivity contribution in [2.75, 3.05) is 6.54 Å². The molecule has 3 fully saturated rings. The maximum atomic E-state index is 11.6. The predicted molar refractivity (Wildman–Crippen MR) is 51.0 cm³/mol. The second-order valence-electron chi connectivity index (χ2n) is 5.12. The van der Waals surface area contributed by atoms with E-state index >= 15 is 0 Å². The summed E-state index contributed by atoms with van der Waals surface area (Å²) in [6, 6.07) is 1.17. The summed E-state index contributed by atoms with van der Waals surface area (Å²) in [5, 5.41) is 3.56. The van der Waals surface area contributed by atoms with Gasteiger partial charge >= 0.3 is 6.09 Å². The summed E-state index contributed by atoms with van der Waals surface area (Å²) in [4.78, 5) is 13.5. The molecule has 1 unspecified atom stereocenters. The van der Waals surface area contributed by atoms with Gasteiger partial charge in [0.1, 0.15) is 5.60 Å². The topological polar surface area (TPSA) is 41.6 Å². The Morgan fingerprint density at radius 1 is 1.50 bits per heavy atom. The third kappa shape index (κ3) is 0.947. The molecule has 14 heavy (non-hydrogen) atoms. The first-order valence-corrected chi connectivity index (χ1v) is 5.33. The first kappa shape index (κ1) is 8.53. The highest BCUT2D eigenvalue weighted by atomic mass is 16.6. The number of cyclic esters (lactones) is 1. The van der Waals surface area contributed by atoms with E-state index in [1.165, 1.54) is 12.8 Å². The fourth-order valence-corrected chi connectivity index (χ4v) is 3.20. The second-order valence-corrected chi connectivity index (χ2v) is 5.12. The number of carbonyl (C=O) groups excluding carboxylic acids is 1.